The predicted octanol–water partition coefficient (Wildman–Crippen LogP) is 4.54. The van der Waals surface area contributed by atoms with Crippen LogP contribution in [-0.4, -0.2) is 39.5 Å². The quantitative estimate of drug-likeness (QED) is 0.267. The fourth-order valence-corrected chi connectivity index (χ4v) is 3.46. The van der Waals surface area contributed by atoms with Crippen molar-refractivity contribution >= 4 is 11.6 Å². The van der Waals surface area contributed by atoms with Crippen LogP contribution in [0, 0.1) is 10.1 Å². The lowest BCUT2D eigenvalue weighted by molar-refractivity contribution is -0.384. The van der Waals surface area contributed by atoms with Crippen LogP contribution in [0.4, 0.5) is 5.69 Å². The van der Waals surface area contributed by atoms with E-state index in [0.717, 1.165) is 11.1 Å². The van der Waals surface area contributed by atoms with Crippen molar-refractivity contribution in [2.24, 2.45) is 0 Å². The highest BCUT2D eigenvalue weighted by Gasteiger charge is 2.20. The summed E-state index contributed by atoms with van der Waals surface area (Å²) >= 11 is 0. The summed E-state index contributed by atoms with van der Waals surface area (Å²) in [6, 6.07) is 22.6. The maximum absolute atomic E-state index is 13.3. The zero-order valence-corrected chi connectivity index (χ0v) is 18.5. The Labute approximate surface area is 195 Å². The fourth-order valence-electron chi connectivity index (χ4n) is 3.46. The number of aromatic nitrogens is 2. The Kier molecular flexibility index (Phi) is 6.92. The van der Waals surface area contributed by atoms with Crippen molar-refractivity contribution < 1.29 is 19.0 Å². The molecule has 0 aliphatic carbocycles. The van der Waals surface area contributed by atoms with Crippen LogP contribution in [0.15, 0.2) is 83.4 Å². The van der Waals surface area contributed by atoms with E-state index in [1.807, 2.05) is 54.6 Å². The van der Waals surface area contributed by atoms with Crippen molar-refractivity contribution in [3.63, 3.8) is 0 Å². The smallest absolute Gasteiger partial charge is 0.270 e. The first-order valence-corrected chi connectivity index (χ1v) is 10.6. The summed E-state index contributed by atoms with van der Waals surface area (Å²) in [4.78, 5) is 30.0. The molecule has 1 heterocycles. The van der Waals surface area contributed by atoms with Crippen LogP contribution in [0.1, 0.15) is 21.8 Å². The van der Waals surface area contributed by atoms with Gasteiger partial charge in [0.25, 0.3) is 11.6 Å². The molecule has 0 aliphatic rings. The van der Waals surface area contributed by atoms with E-state index >= 15 is 0 Å². The van der Waals surface area contributed by atoms with Crippen molar-refractivity contribution in [3.8, 4) is 17.1 Å². The molecule has 9 heteroatoms. The third-order valence-corrected chi connectivity index (χ3v) is 5.20. The van der Waals surface area contributed by atoms with Gasteiger partial charge in [-0.25, -0.2) is 0 Å². The number of hydrogen-bond donors (Lipinski definition) is 0. The molecular weight excluding hydrogens is 436 g/mol. The average Bonchev–Trinajstić information content (AvgIpc) is 3.36. The van der Waals surface area contributed by atoms with Crippen LogP contribution in [0.25, 0.3) is 11.4 Å². The number of nitro groups is 1. The lowest BCUT2D eigenvalue weighted by Gasteiger charge is -2.22. The molecule has 0 atom stereocenters. The number of methoxy groups -OCH3 is 1. The lowest BCUT2D eigenvalue weighted by atomic mass is 10.1. The maximum atomic E-state index is 13.3. The Balaban J connectivity index is 1.53. The Morgan fingerprint density at radius 2 is 1.85 bits per heavy atom. The van der Waals surface area contributed by atoms with Crippen LogP contribution < -0.4 is 4.74 Å². The minimum atomic E-state index is -0.517. The monoisotopic (exact) mass is 458 g/mol. The molecule has 1 amide bonds. The number of carbonyl (C=O) groups is 1. The van der Waals surface area contributed by atoms with Gasteiger partial charge in [0.15, 0.2) is 0 Å². The normalized spacial score (nSPS) is 10.6. The molecule has 0 spiro atoms. The molecule has 0 fully saturated rings. The van der Waals surface area contributed by atoms with Crippen molar-refractivity contribution in [2.75, 3.05) is 13.7 Å². The standard InChI is InChI=1S/C25H22N4O5/c1-33-22-12-6-9-19(16-22)24-26-23(34-27-24)13-14-28(17-18-7-3-2-4-8-18)25(30)20-10-5-11-21(15-20)29(31)32/h2-12,15-16H,13-14,17H2,1H3. The summed E-state index contributed by atoms with van der Waals surface area (Å²) in [6.45, 7) is 0.620. The van der Waals surface area contributed by atoms with Crippen LogP contribution in [-0.2, 0) is 13.0 Å². The highest BCUT2D eigenvalue weighted by atomic mass is 16.6. The number of rotatable bonds is 9. The van der Waals surface area contributed by atoms with E-state index in [9.17, 15) is 14.9 Å². The van der Waals surface area contributed by atoms with Crippen molar-refractivity contribution in [2.45, 2.75) is 13.0 Å². The zero-order chi connectivity index (χ0) is 23.9. The van der Waals surface area contributed by atoms with Crippen molar-refractivity contribution in [1.82, 2.24) is 15.0 Å². The first kappa shape index (κ1) is 22.7. The second-order valence-corrected chi connectivity index (χ2v) is 7.51. The predicted molar refractivity (Wildman–Crippen MR) is 124 cm³/mol. The summed E-state index contributed by atoms with van der Waals surface area (Å²) in [6.07, 6.45) is 0.324. The maximum Gasteiger partial charge on any atom is 0.270 e. The Bertz CT molecular complexity index is 1290. The number of non-ortho nitro benzene ring substituents is 1. The molecule has 4 aromatic rings. The molecule has 0 N–H and O–H groups in total. The topological polar surface area (TPSA) is 112 Å². The molecule has 1 aromatic heterocycles. The van der Waals surface area contributed by atoms with Crippen molar-refractivity contribution in [3.05, 3.63) is 106 Å². The first-order chi connectivity index (χ1) is 16.5. The Morgan fingerprint density at radius 3 is 2.62 bits per heavy atom. The molecule has 0 aliphatic heterocycles. The largest absolute Gasteiger partial charge is 0.497 e. The molecule has 0 radical (unpaired) electrons. The lowest BCUT2D eigenvalue weighted by Crippen LogP contribution is -2.32. The third kappa shape index (κ3) is 5.44. The summed E-state index contributed by atoms with van der Waals surface area (Å²) in [7, 11) is 1.58. The van der Waals surface area contributed by atoms with E-state index in [0.29, 0.717) is 30.4 Å². The number of ether oxygens (including phenoxy) is 1. The second-order valence-electron chi connectivity index (χ2n) is 7.51. The molecule has 0 saturated carbocycles. The Hall–Kier alpha value is -4.53. The van der Waals surface area contributed by atoms with E-state index in [2.05, 4.69) is 10.1 Å². The summed E-state index contributed by atoms with van der Waals surface area (Å²) < 4.78 is 10.6. The third-order valence-electron chi connectivity index (χ3n) is 5.20. The molecule has 0 saturated heterocycles. The van der Waals surface area contributed by atoms with Gasteiger partial charge in [-0.15, -0.1) is 0 Å². The minimum Gasteiger partial charge on any atom is -0.497 e. The van der Waals surface area contributed by atoms with Gasteiger partial charge < -0.3 is 14.2 Å². The highest BCUT2D eigenvalue weighted by Crippen LogP contribution is 2.22. The van der Waals surface area contributed by atoms with Crippen LogP contribution in [0.5, 0.6) is 5.75 Å². The fraction of sp³-hybridized carbons (Fsp3) is 0.160. The van der Waals surface area contributed by atoms with Gasteiger partial charge in [-0.3, -0.25) is 14.9 Å². The van der Waals surface area contributed by atoms with Gasteiger partial charge in [0, 0.05) is 42.8 Å². The van der Waals surface area contributed by atoms with Crippen LogP contribution in [0.2, 0.25) is 0 Å². The molecular formula is C25H22N4O5. The van der Waals surface area contributed by atoms with Crippen molar-refractivity contribution in [1.29, 1.82) is 0 Å². The number of nitro benzene ring substituents is 1. The highest BCUT2D eigenvalue weighted by molar-refractivity contribution is 5.94. The van der Waals surface area contributed by atoms with Gasteiger partial charge >= 0.3 is 0 Å². The Morgan fingerprint density at radius 1 is 1.06 bits per heavy atom. The van der Waals surface area contributed by atoms with Gasteiger partial charge in [-0.1, -0.05) is 53.7 Å². The average molecular weight is 458 g/mol. The van der Waals surface area contributed by atoms with Crippen LogP contribution in [0.3, 0.4) is 0 Å². The summed E-state index contributed by atoms with van der Waals surface area (Å²) in [5.41, 5.74) is 1.80. The van der Waals surface area contributed by atoms with Gasteiger partial charge in [0.05, 0.1) is 12.0 Å². The van der Waals surface area contributed by atoms with E-state index < -0.39 is 4.92 Å². The minimum absolute atomic E-state index is 0.134. The van der Waals surface area contributed by atoms with E-state index in [-0.39, 0.29) is 23.7 Å². The number of benzene rings is 3. The zero-order valence-electron chi connectivity index (χ0n) is 18.5. The van der Waals surface area contributed by atoms with Gasteiger partial charge in [-0.2, -0.15) is 4.98 Å². The number of nitrogens with zero attached hydrogens (tertiary/aromatic N) is 4. The van der Waals surface area contributed by atoms with Gasteiger partial charge in [0.1, 0.15) is 5.75 Å². The number of carbonyl (C=O) groups excluding carboxylic acids is 1. The molecule has 4 rings (SSSR count). The van der Waals surface area contributed by atoms with E-state index in [4.69, 9.17) is 9.26 Å². The van der Waals surface area contributed by atoms with Gasteiger partial charge in [0.2, 0.25) is 11.7 Å². The first-order valence-electron chi connectivity index (χ1n) is 10.6. The molecule has 9 nitrogen and oxygen atoms in total. The van der Waals surface area contributed by atoms with E-state index in [1.54, 1.807) is 18.1 Å². The number of hydrogen-bond acceptors (Lipinski definition) is 7. The molecule has 3 aromatic carbocycles. The summed E-state index contributed by atoms with van der Waals surface area (Å²) in [5, 5.41) is 15.2. The molecule has 34 heavy (non-hydrogen) atoms. The molecule has 172 valence electrons. The molecule has 0 bridgehead atoms. The summed E-state index contributed by atoms with van der Waals surface area (Å²) in [5.74, 6) is 1.16. The SMILES string of the molecule is COc1cccc(-c2noc(CCN(Cc3ccccc3)C(=O)c3cccc([N+](=O)[O-])c3)n2)c1. The second kappa shape index (κ2) is 10.4. The van der Waals surface area contributed by atoms with E-state index in [1.165, 1.54) is 18.2 Å². The van der Waals surface area contributed by atoms with Gasteiger partial charge in [-0.05, 0) is 23.8 Å². The number of amides is 1. The van der Waals surface area contributed by atoms with Crippen LogP contribution >= 0.6 is 0 Å². The molecule has 0 unspecified atom stereocenters.